The van der Waals surface area contributed by atoms with Crippen LogP contribution in [0.2, 0.25) is 0 Å². The summed E-state index contributed by atoms with van der Waals surface area (Å²) in [4.78, 5) is 7.14. The lowest BCUT2D eigenvalue weighted by molar-refractivity contribution is 0.110. The number of nitrogens with zero attached hydrogens (tertiary/aromatic N) is 3. The van der Waals surface area contributed by atoms with E-state index < -0.39 is 0 Å². The van der Waals surface area contributed by atoms with E-state index in [1.54, 1.807) is 12.3 Å². The standard InChI is InChI=1S/C16H23N3O/c1-12(2)18-8-4-3-5-13(18)9-16-17-10-14-6-7-15(20)11-19(14)16/h6-7,10-13,20H,3-5,8-9H2,1-2H3. The normalized spacial score (nSPS) is 20.9. The topological polar surface area (TPSA) is 40.8 Å². The lowest BCUT2D eigenvalue weighted by Gasteiger charge is -2.38. The van der Waals surface area contributed by atoms with E-state index in [0.717, 1.165) is 17.8 Å². The second-order valence-electron chi connectivity index (χ2n) is 6.04. The Balaban J connectivity index is 1.86. The van der Waals surface area contributed by atoms with Gasteiger partial charge in [0.25, 0.3) is 0 Å². The average molecular weight is 273 g/mol. The van der Waals surface area contributed by atoms with Crippen LogP contribution in [-0.4, -0.2) is 38.0 Å². The maximum absolute atomic E-state index is 9.66. The number of hydrogen-bond acceptors (Lipinski definition) is 3. The molecule has 2 aromatic rings. The summed E-state index contributed by atoms with van der Waals surface area (Å²) < 4.78 is 2.02. The fraction of sp³-hybridized carbons (Fsp3) is 0.562. The number of piperidine rings is 1. The molecular weight excluding hydrogens is 250 g/mol. The maximum atomic E-state index is 9.66. The van der Waals surface area contributed by atoms with E-state index in [9.17, 15) is 5.11 Å². The van der Waals surface area contributed by atoms with Gasteiger partial charge >= 0.3 is 0 Å². The molecular formula is C16H23N3O. The fourth-order valence-corrected chi connectivity index (χ4v) is 3.32. The molecule has 0 amide bonds. The quantitative estimate of drug-likeness (QED) is 0.935. The molecule has 0 spiro atoms. The Morgan fingerprint density at radius 2 is 2.20 bits per heavy atom. The van der Waals surface area contributed by atoms with Crippen LogP contribution < -0.4 is 0 Å². The van der Waals surface area contributed by atoms with Gasteiger partial charge in [-0.05, 0) is 45.4 Å². The largest absolute Gasteiger partial charge is 0.506 e. The van der Waals surface area contributed by atoms with Crippen molar-refractivity contribution in [3.05, 3.63) is 30.4 Å². The number of rotatable bonds is 3. The van der Waals surface area contributed by atoms with Crippen molar-refractivity contribution in [1.82, 2.24) is 14.3 Å². The molecule has 1 atom stereocenters. The van der Waals surface area contributed by atoms with Crippen molar-refractivity contribution in [3.63, 3.8) is 0 Å². The number of likely N-dealkylation sites (tertiary alicyclic amines) is 1. The minimum Gasteiger partial charge on any atom is -0.506 e. The van der Waals surface area contributed by atoms with Crippen LogP contribution in [0.4, 0.5) is 0 Å². The molecule has 0 radical (unpaired) electrons. The lowest BCUT2D eigenvalue weighted by Crippen LogP contribution is -2.45. The Bertz CT molecular complexity index is 590. The van der Waals surface area contributed by atoms with E-state index >= 15 is 0 Å². The Morgan fingerprint density at radius 3 is 3.00 bits per heavy atom. The number of pyridine rings is 1. The summed E-state index contributed by atoms with van der Waals surface area (Å²) in [6.07, 6.45) is 8.46. The Morgan fingerprint density at radius 1 is 1.35 bits per heavy atom. The summed E-state index contributed by atoms with van der Waals surface area (Å²) in [7, 11) is 0. The molecule has 1 unspecified atom stereocenters. The summed E-state index contributed by atoms with van der Waals surface area (Å²) in [5.74, 6) is 1.34. The van der Waals surface area contributed by atoms with Gasteiger partial charge < -0.3 is 5.11 Å². The average Bonchev–Trinajstić information content (AvgIpc) is 2.82. The van der Waals surface area contributed by atoms with Gasteiger partial charge in [-0.15, -0.1) is 0 Å². The predicted molar refractivity (Wildman–Crippen MR) is 80.0 cm³/mol. The van der Waals surface area contributed by atoms with E-state index in [1.807, 2.05) is 16.7 Å². The molecule has 0 aliphatic carbocycles. The van der Waals surface area contributed by atoms with E-state index in [0.29, 0.717) is 17.8 Å². The lowest BCUT2D eigenvalue weighted by atomic mass is 9.97. The number of fused-ring (bicyclic) bond motifs is 1. The number of aromatic nitrogens is 2. The van der Waals surface area contributed by atoms with Crippen molar-refractivity contribution >= 4 is 5.52 Å². The molecule has 4 heteroatoms. The van der Waals surface area contributed by atoms with E-state index in [-0.39, 0.29) is 0 Å². The van der Waals surface area contributed by atoms with Crippen molar-refractivity contribution in [2.24, 2.45) is 0 Å². The second-order valence-corrected chi connectivity index (χ2v) is 6.04. The van der Waals surface area contributed by atoms with Crippen molar-refractivity contribution in [2.45, 2.75) is 51.6 Å². The highest BCUT2D eigenvalue weighted by atomic mass is 16.3. The highest BCUT2D eigenvalue weighted by Crippen LogP contribution is 2.23. The molecule has 108 valence electrons. The van der Waals surface area contributed by atoms with Gasteiger partial charge in [0.2, 0.25) is 0 Å². The molecule has 1 aliphatic rings. The van der Waals surface area contributed by atoms with Crippen LogP contribution in [0.5, 0.6) is 5.75 Å². The first-order valence-corrected chi connectivity index (χ1v) is 7.56. The summed E-state index contributed by atoms with van der Waals surface area (Å²) >= 11 is 0. The molecule has 1 fully saturated rings. The van der Waals surface area contributed by atoms with Crippen molar-refractivity contribution in [1.29, 1.82) is 0 Å². The van der Waals surface area contributed by atoms with Crippen LogP contribution in [-0.2, 0) is 6.42 Å². The molecule has 3 heterocycles. The molecule has 2 aromatic heterocycles. The van der Waals surface area contributed by atoms with Gasteiger partial charge in [-0.25, -0.2) is 4.98 Å². The maximum Gasteiger partial charge on any atom is 0.132 e. The van der Waals surface area contributed by atoms with Crippen LogP contribution in [0.25, 0.3) is 5.52 Å². The molecule has 4 nitrogen and oxygen atoms in total. The molecule has 1 saturated heterocycles. The zero-order valence-corrected chi connectivity index (χ0v) is 12.3. The Labute approximate surface area is 120 Å². The third kappa shape index (κ3) is 2.52. The summed E-state index contributed by atoms with van der Waals surface area (Å²) in [6.45, 7) is 5.73. The van der Waals surface area contributed by atoms with Crippen molar-refractivity contribution < 1.29 is 5.11 Å². The molecule has 0 saturated carbocycles. The fourth-order valence-electron chi connectivity index (χ4n) is 3.32. The highest BCUT2D eigenvalue weighted by molar-refractivity contribution is 5.48. The van der Waals surface area contributed by atoms with E-state index in [1.165, 1.54) is 25.8 Å². The molecule has 1 aliphatic heterocycles. The zero-order chi connectivity index (χ0) is 14.1. The number of aromatic hydroxyl groups is 1. The molecule has 0 aromatic carbocycles. The first-order chi connectivity index (χ1) is 9.65. The predicted octanol–water partition coefficient (Wildman–Crippen LogP) is 2.85. The number of imidazole rings is 1. The van der Waals surface area contributed by atoms with Crippen LogP contribution in [0.1, 0.15) is 38.9 Å². The smallest absolute Gasteiger partial charge is 0.132 e. The minimum atomic E-state index is 0.293. The minimum absolute atomic E-state index is 0.293. The van der Waals surface area contributed by atoms with E-state index in [4.69, 9.17) is 0 Å². The van der Waals surface area contributed by atoms with Gasteiger partial charge in [-0.1, -0.05) is 6.42 Å². The molecule has 3 rings (SSSR count). The van der Waals surface area contributed by atoms with Gasteiger partial charge in [0.05, 0.1) is 17.9 Å². The van der Waals surface area contributed by atoms with Gasteiger partial charge in [0.1, 0.15) is 11.6 Å². The SMILES string of the molecule is CC(C)N1CCCCC1Cc1ncc2ccc(O)cn12. The summed E-state index contributed by atoms with van der Waals surface area (Å²) in [5, 5.41) is 9.66. The zero-order valence-electron chi connectivity index (χ0n) is 12.3. The van der Waals surface area contributed by atoms with Crippen LogP contribution in [0.3, 0.4) is 0 Å². The van der Waals surface area contributed by atoms with Crippen LogP contribution >= 0.6 is 0 Å². The monoisotopic (exact) mass is 273 g/mol. The highest BCUT2D eigenvalue weighted by Gasteiger charge is 2.25. The second kappa shape index (κ2) is 5.44. The first-order valence-electron chi connectivity index (χ1n) is 7.56. The van der Waals surface area contributed by atoms with Gasteiger partial charge in [-0.2, -0.15) is 0 Å². The third-order valence-corrected chi connectivity index (χ3v) is 4.34. The first kappa shape index (κ1) is 13.4. The van der Waals surface area contributed by atoms with Gasteiger partial charge in [0, 0.05) is 18.5 Å². The Hall–Kier alpha value is -1.55. The summed E-state index contributed by atoms with van der Waals surface area (Å²) in [6, 6.07) is 4.77. The van der Waals surface area contributed by atoms with E-state index in [2.05, 4.69) is 23.7 Å². The van der Waals surface area contributed by atoms with Gasteiger partial charge in [-0.3, -0.25) is 9.30 Å². The molecule has 1 N–H and O–H groups in total. The third-order valence-electron chi connectivity index (χ3n) is 4.34. The van der Waals surface area contributed by atoms with Crippen molar-refractivity contribution in [2.75, 3.05) is 6.54 Å². The molecule has 0 bridgehead atoms. The van der Waals surface area contributed by atoms with Crippen molar-refractivity contribution in [3.8, 4) is 5.75 Å². The van der Waals surface area contributed by atoms with Gasteiger partial charge in [0.15, 0.2) is 0 Å². The molecule has 20 heavy (non-hydrogen) atoms. The summed E-state index contributed by atoms with van der Waals surface area (Å²) in [5.41, 5.74) is 1.05. The number of hydrogen-bond donors (Lipinski definition) is 1. The Kier molecular flexibility index (Phi) is 3.66. The van der Waals surface area contributed by atoms with Crippen LogP contribution in [0.15, 0.2) is 24.5 Å². The van der Waals surface area contributed by atoms with Crippen LogP contribution in [0, 0.1) is 0 Å².